The fraction of sp³-hybridized carbons (Fsp3) is 0.688. The number of amides is 1. The molecule has 0 spiro atoms. The molecule has 110 valence electrons. The van der Waals surface area contributed by atoms with Crippen LogP contribution in [-0.2, 0) is 17.6 Å². The van der Waals surface area contributed by atoms with Gasteiger partial charge >= 0.3 is 0 Å². The Morgan fingerprint density at radius 2 is 2.35 bits per heavy atom. The number of hydrogen-bond acceptors (Lipinski definition) is 3. The van der Waals surface area contributed by atoms with Crippen LogP contribution in [0.1, 0.15) is 46.8 Å². The van der Waals surface area contributed by atoms with Crippen LogP contribution in [0, 0.1) is 11.3 Å². The van der Waals surface area contributed by atoms with Gasteiger partial charge in [0, 0.05) is 16.8 Å². The molecule has 3 rings (SSSR count). The second-order valence-electron chi connectivity index (χ2n) is 6.56. The standard InChI is InChI=1S/C16H23NO2S/c1-3-11-4-5-13-12(6-11)7-14(20-13)15(18)17-8-16(2)9-19-10-16/h7,11H,3-6,8-10H2,1-2H3,(H,17,18). The molecule has 1 N–H and O–H groups in total. The number of rotatable bonds is 4. The van der Waals surface area contributed by atoms with Gasteiger partial charge in [0.15, 0.2) is 0 Å². The first-order valence-electron chi connectivity index (χ1n) is 7.57. The zero-order valence-corrected chi connectivity index (χ0v) is 13.1. The Balaban J connectivity index is 1.62. The third kappa shape index (κ3) is 2.77. The molecule has 2 aliphatic rings. The Labute approximate surface area is 124 Å². The average Bonchev–Trinajstić information content (AvgIpc) is 2.85. The third-order valence-corrected chi connectivity index (χ3v) is 5.80. The van der Waals surface area contributed by atoms with Crippen LogP contribution in [0.3, 0.4) is 0 Å². The Morgan fingerprint density at radius 1 is 1.55 bits per heavy atom. The number of thiophene rings is 1. The summed E-state index contributed by atoms with van der Waals surface area (Å²) in [5.41, 5.74) is 1.55. The molecule has 0 aromatic carbocycles. The largest absolute Gasteiger partial charge is 0.380 e. The van der Waals surface area contributed by atoms with Crippen LogP contribution >= 0.6 is 11.3 Å². The molecule has 2 heterocycles. The quantitative estimate of drug-likeness (QED) is 0.926. The molecule has 0 bridgehead atoms. The fourth-order valence-corrected chi connectivity index (χ4v) is 4.12. The minimum atomic E-state index is 0.0885. The summed E-state index contributed by atoms with van der Waals surface area (Å²) in [6.07, 6.45) is 4.83. The van der Waals surface area contributed by atoms with Crippen LogP contribution in [0.4, 0.5) is 0 Å². The summed E-state index contributed by atoms with van der Waals surface area (Å²) < 4.78 is 5.22. The van der Waals surface area contributed by atoms with Gasteiger partial charge in [0.2, 0.25) is 0 Å². The Hall–Kier alpha value is -0.870. The first-order chi connectivity index (χ1) is 9.59. The summed E-state index contributed by atoms with van der Waals surface area (Å²) in [5, 5.41) is 3.07. The van der Waals surface area contributed by atoms with Gasteiger partial charge in [-0.3, -0.25) is 4.79 Å². The van der Waals surface area contributed by atoms with E-state index in [4.69, 9.17) is 4.74 Å². The summed E-state index contributed by atoms with van der Waals surface area (Å²) in [5.74, 6) is 0.893. The van der Waals surface area contributed by atoms with E-state index in [0.29, 0.717) is 6.54 Å². The van der Waals surface area contributed by atoms with Crippen molar-refractivity contribution in [2.45, 2.75) is 39.5 Å². The number of carbonyl (C=O) groups is 1. The summed E-state index contributed by atoms with van der Waals surface area (Å²) in [7, 11) is 0. The molecule has 1 aliphatic heterocycles. The molecule has 1 atom stereocenters. The molecule has 20 heavy (non-hydrogen) atoms. The highest BCUT2D eigenvalue weighted by Gasteiger charge is 2.33. The highest BCUT2D eigenvalue weighted by molar-refractivity contribution is 7.14. The van der Waals surface area contributed by atoms with Crippen molar-refractivity contribution in [2.75, 3.05) is 19.8 Å². The normalized spacial score (nSPS) is 23.8. The number of carbonyl (C=O) groups excluding carboxylic acids is 1. The number of ether oxygens (including phenoxy) is 1. The Morgan fingerprint density at radius 3 is 3.00 bits per heavy atom. The monoisotopic (exact) mass is 293 g/mol. The maximum atomic E-state index is 12.3. The van der Waals surface area contributed by atoms with Gasteiger partial charge in [-0.25, -0.2) is 0 Å². The molecular formula is C16H23NO2S. The molecule has 1 saturated heterocycles. The van der Waals surface area contributed by atoms with Gasteiger partial charge < -0.3 is 10.1 Å². The summed E-state index contributed by atoms with van der Waals surface area (Å²) in [6.45, 7) is 6.64. The lowest BCUT2D eigenvalue weighted by Gasteiger charge is -2.37. The first kappa shape index (κ1) is 14.1. The Bertz CT molecular complexity index is 505. The number of nitrogens with one attached hydrogen (secondary N) is 1. The zero-order chi connectivity index (χ0) is 14.2. The van der Waals surface area contributed by atoms with E-state index in [0.717, 1.165) is 36.9 Å². The maximum Gasteiger partial charge on any atom is 0.261 e. The predicted octanol–water partition coefficient (Wildman–Crippen LogP) is 3.03. The van der Waals surface area contributed by atoms with E-state index in [-0.39, 0.29) is 11.3 Å². The summed E-state index contributed by atoms with van der Waals surface area (Å²) in [6, 6.07) is 2.12. The van der Waals surface area contributed by atoms with Crippen molar-refractivity contribution in [1.29, 1.82) is 0 Å². The average molecular weight is 293 g/mol. The second-order valence-corrected chi connectivity index (χ2v) is 7.70. The van der Waals surface area contributed by atoms with E-state index in [1.54, 1.807) is 11.3 Å². The van der Waals surface area contributed by atoms with Gasteiger partial charge in [-0.15, -0.1) is 11.3 Å². The van der Waals surface area contributed by atoms with E-state index in [2.05, 4.69) is 25.2 Å². The first-order valence-corrected chi connectivity index (χ1v) is 8.39. The van der Waals surface area contributed by atoms with Gasteiger partial charge in [-0.2, -0.15) is 0 Å². The summed E-state index contributed by atoms with van der Waals surface area (Å²) >= 11 is 1.69. The van der Waals surface area contributed by atoms with Gasteiger partial charge in [0.1, 0.15) is 0 Å². The lowest BCUT2D eigenvalue weighted by atomic mass is 9.87. The van der Waals surface area contributed by atoms with Gasteiger partial charge in [-0.1, -0.05) is 20.3 Å². The van der Waals surface area contributed by atoms with E-state index >= 15 is 0 Å². The van der Waals surface area contributed by atoms with Crippen molar-refractivity contribution in [2.24, 2.45) is 11.3 Å². The summed E-state index contributed by atoms with van der Waals surface area (Å²) in [4.78, 5) is 14.6. The molecular weight excluding hydrogens is 270 g/mol. The van der Waals surface area contributed by atoms with E-state index < -0.39 is 0 Å². The predicted molar refractivity (Wildman–Crippen MR) is 81.4 cm³/mol. The van der Waals surface area contributed by atoms with Crippen LogP contribution < -0.4 is 5.32 Å². The maximum absolute atomic E-state index is 12.3. The van der Waals surface area contributed by atoms with Crippen molar-refractivity contribution >= 4 is 17.2 Å². The van der Waals surface area contributed by atoms with Crippen molar-refractivity contribution < 1.29 is 9.53 Å². The lowest BCUT2D eigenvalue weighted by Crippen LogP contribution is -2.48. The van der Waals surface area contributed by atoms with Crippen LogP contribution in [0.5, 0.6) is 0 Å². The van der Waals surface area contributed by atoms with E-state index in [9.17, 15) is 4.79 Å². The van der Waals surface area contributed by atoms with Crippen molar-refractivity contribution in [3.8, 4) is 0 Å². The smallest absolute Gasteiger partial charge is 0.261 e. The van der Waals surface area contributed by atoms with Crippen molar-refractivity contribution in [3.05, 3.63) is 21.4 Å². The highest BCUT2D eigenvalue weighted by atomic mass is 32.1. The number of fused-ring (bicyclic) bond motifs is 1. The number of aryl methyl sites for hydroxylation is 1. The molecule has 1 aliphatic carbocycles. The minimum absolute atomic E-state index is 0.0885. The third-order valence-electron chi connectivity index (χ3n) is 4.56. The van der Waals surface area contributed by atoms with Crippen molar-refractivity contribution in [3.63, 3.8) is 0 Å². The molecule has 4 heteroatoms. The van der Waals surface area contributed by atoms with Crippen LogP contribution in [0.2, 0.25) is 0 Å². The van der Waals surface area contributed by atoms with Gasteiger partial charge in [-0.05, 0) is 36.8 Å². The topological polar surface area (TPSA) is 38.3 Å². The van der Waals surface area contributed by atoms with Crippen LogP contribution in [-0.4, -0.2) is 25.7 Å². The molecule has 1 unspecified atom stereocenters. The number of hydrogen-bond donors (Lipinski definition) is 1. The molecule has 0 radical (unpaired) electrons. The molecule has 1 fully saturated rings. The zero-order valence-electron chi connectivity index (χ0n) is 12.3. The van der Waals surface area contributed by atoms with Gasteiger partial charge in [0.05, 0.1) is 18.1 Å². The minimum Gasteiger partial charge on any atom is -0.380 e. The molecule has 3 nitrogen and oxygen atoms in total. The lowest BCUT2D eigenvalue weighted by molar-refractivity contribution is -0.0978. The Kier molecular flexibility index (Phi) is 3.87. The van der Waals surface area contributed by atoms with E-state index in [1.807, 2.05) is 0 Å². The highest BCUT2D eigenvalue weighted by Crippen LogP contribution is 2.33. The van der Waals surface area contributed by atoms with Crippen molar-refractivity contribution in [1.82, 2.24) is 5.32 Å². The molecule has 0 saturated carbocycles. The second kappa shape index (κ2) is 5.49. The van der Waals surface area contributed by atoms with Crippen LogP contribution in [0.25, 0.3) is 0 Å². The molecule has 1 aromatic heterocycles. The molecule has 1 amide bonds. The fourth-order valence-electron chi connectivity index (χ4n) is 2.99. The van der Waals surface area contributed by atoms with Gasteiger partial charge in [0.25, 0.3) is 5.91 Å². The molecule has 1 aromatic rings. The van der Waals surface area contributed by atoms with E-state index in [1.165, 1.54) is 23.3 Å². The van der Waals surface area contributed by atoms with Crippen LogP contribution in [0.15, 0.2) is 6.07 Å². The SMILES string of the molecule is CCC1CCc2sc(C(=O)NCC3(C)COC3)cc2C1.